The Morgan fingerprint density at radius 2 is 0.634 bits per heavy atom. The number of aliphatic hydroxyl groups is 2. The van der Waals surface area contributed by atoms with E-state index in [1.165, 1.54) is 308 Å². The molecule has 0 spiro atoms. The average molecular weight is 1150 g/mol. The molecule has 0 bridgehead atoms. The van der Waals surface area contributed by atoms with Gasteiger partial charge in [0.15, 0.2) is 0 Å². The van der Waals surface area contributed by atoms with Crippen molar-refractivity contribution >= 4 is 11.9 Å². The molecule has 0 rings (SSSR count). The molecule has 2 atom stereocenters. The van der Waals surface area contributed by atoms with Gasteiger partial charge in [-0.25, -0.2) is 0 Å². The van der Waals surface area contributed by atoms with Crippen molar-refractivity contribution in [3.63, 3.8) is 0 Å². The maximum Gasteiger partial charge on any atom is 0.305 e. The number of hydrogen-bond donors (Lipinski definition) is 3. The third-order valence-corrected chi connectivity index (χ3v) is 17.1. The second kappa shape index (κ2) is 71.3. The lowest BCUT2D eigenvalue weighted by atomic mass is 10.0. The number of carbonyl (C=O) groups excluding carboxylic acids is 2. The first kappa shape index (κ1) is 79.8. The molecule has 6 heteroatoms. The van der Waals surface area contributed by atoms with Crippen LogP contribution in [0.4, 0.5) is 0 Å². The summed E-state index contributed by atoms with van der Waals surface area (Å²) in [7, 11) is 0. The summed E-state index contributed by atoms with van der Waals surface area (Å²) in [5.41, 5.74) is 0. The molecule has 0 aromatic rings. The molecule has 6 nitrogen and oxygen atoms in total. The average Bonchev–Trinajstić information content (AvgIpc) is 3.48. The number of esters is 1. The lowest BCUT2D eigenvalue weighted by Crippen LogP contribution is -2.45. The van der Waals surface area contributed by atoms with Crippen LogP contribution in [0, 0.1) is 0 Å². The molecular weight excluding hydrogens is 1010 g/mol. The number of carbonyl (C=O) groups is 2. The van der Waals surface area contributed by atoms with Gasteiger partial charge in [-0.05, 0) is 83.5 Å². The van der Waals surface area contributed by atoms with E-state index in [-0.39, 0.29) is 18.5 Å². The molecule has 0 aliphatic heterocycles. The van der Waals surface area contributed by atoms with E-state index in [2.05, 4.69) is 67.8 Å². The number of ether oxygens (including phenoxy) is 1. The van der Waals surface area contributed by atoms with Gasteiger partial charge < -0.3 is 20.3 Å². The first-order valence-corrected chi connectivity index (χ1v) is 36.9. The Morgan fingerprint density at radius 1 is 0.341 bits per heavy atom. The monoisotopic (exact) mass is 1150 g/mol. The Labute approximate surface area is 512 Å². The Morgan fingerprint density at radius 3 is 0.976 bits per heavy atom. The zero-order valence-electron chi connectivity index (χ0n) is 55.2. The van der Waals surface area contributed by atoms with Gasteiger partial charge in [0.05, 0.1) is 25.4 Å². The van der Waals surface area contributed by atoms with Crippen LogP contribution < -0.4 is 5.32 Å². The predicted octanol–water partition coefficient (Wildman–Crippen LogP) is 24.0. The van der Waals surface area contributed by atoms with Gasteiger partial charge in [-0.3, -0.25) is 9.59 Å². The van der Waals surface area contributed by atoms with Crippen molar-refractivity contribution in [1.82, 2.24) is 5.32 Å². The summed E-state index contributed by atoms with van der Waals surface area (Å²) in [6, 6.07) is -0.539. The second-order valence-electron chi connectivity index (χ2n) is 25.3. The molecule has 0 fully saturated rings. The van der Waals surface area contributed by atoms with E-state index < -0.39 is 12.1 Å². The van der Waals surface area contributed by atoms with Gasteiger partial charge in [0, 0.05) is 12.8 Å². The molecule has 0 saturated carbocycles. The highest BCUT2D eigenvalue weighted by atomic mass is 16.5. The van der Waals surface area contributed by atoms with Crippen LogP contribution in [-0.4, -0.2) is 47.4 Å². The minimum Gasteiger partial charge on any atom is -0.466 e. The van der Waals surface area contributed by atoms with Crippen LogP contribution >= 0.6 is 0 Å². The van der Waals surface area contributed by atoms with Gasteiger partial charge in [-0.1, -0.05) is 351 Å². The largest absolute Gasteiger partial charge is 0.466 e. The van der Waals surface area contributed by atoms with E-state index >= 15 is 0 Å². The lowest BCUT2D eigenvalue weighted by molar-refractivity contribution is -0.143. The fraction of sp³-hybridized carbons (Fsp3) is 0.868. The molecule has 3 N–H and O–H groups in total. The summed E-state index contributed by atoms with van der Waals surface area (Å²) in [5, 5.41) is 23.3. The molecule has 0 aliphatic carbocycles. The number of unbranched alkanes of at least 4 members (excludes halogenated alkanes) is 50. The maximum absolute atomic E-state index is 12.5. The van der Waals surface area contributed by atoms with Crippen molar-refractivity contribution < 1.29 is 24.5 Å². The number of amides is 1. The van der Waals surface area contributed by atoms with E-state index in [1.54, 1.807) is 0 Å². The molecule has 0 aromatic heterocycles. The third kappa shape index (κ3) is 67.0. The van der Waals surface area contributed by atoms with E-state index in [0.717, 1.165) is 57.8 Å². The Kier molecular flexibility index (Phi) is 69.4. The van der Waals surface area contributed by atoms with Gasteiger partial charge in [0.1, 0.15) is 0 Å². The quantitative estimate of drug-likeness (QED) is 0.0320. The van der Waals surface area contributed by atoms with E-state index in [4.69, 9.17) is 4.74 Å². The molecule has 0 aromatic carbocycles. The summed E-state index contributed by atoms with van der Waals surface area (Å²) in [5.74, 6) is -0.0253. The van der Waals surface area contributed by atoms with Crippen LogP contribution in [-0.2, 0) is 14.3 Å². The molecule has 82 heavy (non-hydrogen) atoms. The van der Waals surface area contributed by atoms with Gasteiger partial charge >= 0.3 is 5.97 Å². The summed E-state index contributed by atoms with van der Waals surface area (Å²) < 4.78 is 5.48. The van der Waals surface area contributed by atoms with Gasteiger partial charge in [0.25, 0.3) is 0 Å². The molecule has 0 heterocycles. The van der Waals surface area contributed by atoms with Crippen LogP contribution in [0.5, 0.6) is 0 Å². The normalized spacial score (nSPS) is 12.8. The number of rotatable bonds is 69. The summed E-state index contributed by atoms with van der Waals surface area (Å²) in [6.07, 6.45) is 93.4. The zero-order valence-corrected chi connectivity index (χ0v) is 55.2. The van der Waals surface area contributed by atoms with Crippen molar-refractivity contribution in [2.24, 2.45) is 0 Å². The van der Waals surface area contributed by atoms with Crippen molar-refractivity contribution in [1.29, 1.82) is 0 Å². The molecular formula is C76H143NO5. The number of nitrogens with one attached hydrogen (secondary N) is 1. The summed E-state index contributed by atoms with van der Waals surface area (Å²) in [6.45, 7) is 4.91. The van der Waals surface area contributed by atoms with E-state index in [0.29, 0.717) is 25.9 Å². The minimum absolute atomic E-state index is 0.00492. The molecule has 0 aliphatic rings. The molecule has 482 valence electrons. The van der Waals surface area contributed by atoms with Crippen molar-refractivity contribution in [3.05, 3.63) is 48.6 Å². The minimum atomic E-state index is -0.661. The number of aliphatic hydroxyl groups excluding tert-OH is 2. The second-order valence-corrected chi connectivity index (χ2v) is 25.3. The fourth-order valence-corrected chi connectivity index (χ4v) is 11.5. The molecule has 0 radical (unpaired) electrons. The SMILES string of the molecule is CCC/C=C\C/C=C\CCCCCCCC(=O)OCCCCCCCCCCCCCCCCC/C=C\C/C=C\CCCCCCCCCCCCCCCCCCCC(=O)NC(CO)C(O)CCCCCCCCCCCCCCC. The third-order valence-electron chi connectivity index (χ3n) is 17.1. The van der Waals surface area contributed by atoms with Gasteiger partial charge in [0.2, 0.25) is 5.91 Å². The lowest BCUT2D eigenvalue weighted by Gasteiger charge is -2.22. The van der Waals surface area contributed by atoms with Gasteiger partial charge in [-0.15, -0.1) is 0 Å². The zero-order chi connectivity index (χ0) is 59.2. The highest BCUT2D eigenvalue weighted by Gasteiger charge is 2.20. The predicted molar refractivity (Wildman–Crippen MR) is 361 cm³/mol. The van der Waals surface area contributed by atoms with Crippen LogP contribution in [0.2, 0.25) is 0 Å². The Hall–Kier alpha value is -2.18. The maximum atomic E-state index is 12.5. The van der Waals surface area contributed by atoms with Crippen molar-refractivity contribution in [2.45, 2.75) is 411 Å². The van der Waals surface area contributed by atoms with Crippen molar-refractivity contribution in [3.8, 4) is 0 Å². The molecule has 1 amide bonds. The number of hydrogen-bond acceptors (Lipinski definition) is 5. The first-order valence-electron chi connectivity index (χ1n) is 36.9. The van der Waals surface area contributed by atoms with Crippen LogP contribution in [0.25, 0.3) is 0 Å². The standard InChI is InChI=1S/C76H143NO5/c1-3-5-7-9-11-13-15-44-48-52-56-60-64-68-74(79)73(72-78)77-75(80)69-65-61-57-53-49-46-42-40-38-36-34-32-30-28-26-24-22-20-18-17-19-21-23-25-27-29-31-33-35-37-39-41-43-47-51-55-59-63-67-71-82-76(81)70-66-62-58-54-50-45-16-14-12-10-8-6-4-2/h8,10,14,16-18,21,23,73-74,78-79H,3-7,9,11-13,15,19-20,22,24-72H2,1-2H3,(H,77,80)/b10-8-,16-14-,18-17-,23-21-. The fourth-order valence-electron chi connectivity index (χ4n) is 11.5. The van der Waals surface area contributed by atoms with E-state index in [1.807, 2.05) is 0 Å². The summed E-state index contributed by atoms with van der Waals surface area (Å²) in [4.78, 5) is 24.5. The van der Waals surface area contributed by atoms with Crippen LogP contribution in [0.1, 0.15) is 399 Å². The van der Waals surface area contributed by atoms with Crippen LogP contribution in [0.15, 0.2) is 48.6 Å². The van der Waals surface area contributed by atoms with Crippen molar-refractivity contribution in [2.75, 3.05) is 13.2 Å². The van der Waals surface area contributed by atoms with Gasteiger partial charge in [-0.2, -0.15) is 0 Å². The highest BCUT2D eigenvalue weighted by Crippen LogP contribution is 2.19. The molecule has 0 saturated heterocycles. The topological polar surface area (TPSA) is 95.9 Å². The Balaban J connectivity index is 3.34. The smallest absolute Gasteiger partial charge is 0.305 e. The first-order chi connectivity index (χ1) is 40.5. The molecule has 2 unspecified atom stereocenters. The highest BCUT2D eigenvalue weighted by molar-refractivity contribution is 5.76. The van der Waals surface area contributed by atoms with E-state index in [9.17, 15) is 19.8 Å². The summed E-state index contributed by atoms with van der Waals surface area (Å²) >= 11 is 0. The Bertz CT molecular complexity index is 1370. The van der Waals surface area contributed by atoms with Crippen LogP contribution in [0.3, 0.4) is 0 Å². The number of allylic oxidation sites excluding steroid dienone is 8.